The van der Waals surface area contributed by atoms with Crippen molar-refractivity contribution in [3.05, 3.63) is 45.1 Å². The summed E-state index contributed by atoms with van der Waals surface area (Å²) in [6.07, 6.45) is 0.395. The van der Waals surface area contributed by atoms with Crippen LogP contribution in [0.4, 0.5) is 0 Å². The van der Waals surface area contributed by atoms with E-state index in [1.807, 2.05) is 6.07 Å². The Morgan fingerprint density at radius 2 is 2.26 bits per heavy atom. The number of hydrogen-bond donors (Lipinski definition) is 2. The third-order valence-corrected chi connectivity index (χ3v) is 4.36. The fraction of sp³-hybridized carbons (Fsp3) is 0.467. The highest BCUT2D eigenvalue weighted by atomic mass is 35.5. The molecule has 1 aromatic carbocycles. The van der Waals surface area contributed by atoms with Gasteiger partial charge >= 0.3 is 5.69 Å². The predicted molar refractivity (Wildman–Crippen MR) is 83.8 cm³/mol. The second-order valence-corrected chi connectivity index (χ2v) is 5.98. The van der Waals surface area contributed by atoms with E-state index < -0.39 is 12.3 Å². The summed E-state index contributed by atoms with van der Waals surface area (Å²) in [6.45, 7) is 0.261. The molecule has 0 amide bonds. The van der Waals surface area contributed by atoms with E-state index in [2.05, 4.69) is 5.10 Å². The number of methoxy groups -OCH3 is 1. The number of fused-ring (bicyclic) bond motifs is 1. The summed E-state index contributed by atoms with van der Waals surface area (Å²) in [5.41, 5.74) is 0.471. The van der Waals surface area contributed by atoms with Gasteiger partial charge in [-0.3, -0.25) is 4.57 Å². The summed E-state index contributed by atoms with van der Waals surface area (Å²) in [6, 6.07) is 4.63. The highest BCUT2D eigenvalue weighted by molar-refractivity contribution is 6.32. The fourth-order valence-electron chi connectivity index (χ4n) is 2.93. The molecule has 2 N–H and O–H groups in total. The molecule has 124 valence electrons. The molecule has 3 rings (SSSR count). The Kier molecular flexibility index (Phi) is 4.43. The molecular weight excluding hydrogens is 322 g/mol. The lowest BCUT2D eigenvalue weighted by atomic mass is 10.0. The number of aryl methyl sites for hydroxylation is 1. The minimum atomic E-state index is -1.57. The van der Waals surface area contributed by atoms with Crippen molar-refractivity contribution in [1.82, 2.24) is 14.3 Å². The third-order valence-electron chi connectivity index (χ3n) is 4.07. The van der Waals surface area contributed by atoms with Gasteiger partial charge < -0.3 is 14.9 Å². The van der Waals surface area contributed by atoms with Crippen LogP contribution in [0.3, 0.4) is 0 Å². The standard InChI is InChI=1S/C15H18ClN3O4/c1-23-12-6-5-9(7-10(12)16)8-18-15(22)19-11(14(20)21)3-2-4-13(19)17-18/h5-7,11,14,20-21H,2-4,8H2,1H3. The van der Waals surface area contributed by atoms with Gasteiger partial charge in [-0.15, -0.1) is 0 Å². The molecule has 2 aromatic rings. The van der Waals surface area contributed by atoms with Crippen LogP contribution in [0.15, 0.2) is 23.0 Å². The van der Waals surface area contributed by atoms with E-state index >= 15 is 0 Å². The van der Waals surface area contributed by atoms with Crippen LogP contribution in [-0.2, 0) is 13.0 Å². The highest BCUT2D eigenvalue weighted by Gasteiger charge is 2.29. The normalized spacial score (nSPS) is 17.3. The van der Waals surface area contributed by atoms with Crippen molar-refractivity contribution in [2.45, 2.75) is 38.1 Å². The summed E-state index contributed by atoms with van der Waals surface area (Å²) in [5, 5.41) is 23.7. The molecule has 2 heterocycles. The summed E-state index contributed by atoms with van der Waals surface area (Å²) >= 11 is 6.10. The van der Waals surface area contributed by atoms with Gasteiger partial charge in [0.15, 0.2) is 6.29 Å². The molecule has 0 saturated heterocycles. The number of nitrogens with zero attached hydrogens (tertiary/aromatic N) is 3. The zero-order valence-corrected chi connectivity index (χ0v) is 13.4. The van der Waals surface area contributed by atoms with Gasteiger partial charge in [-0.1, -0.05) is 17.7 Å². The lowest BCUT2D eigenvalue weighted by molar-refractivity contribution is -0.0843. The van der Waals surface area contributed by atoms with Crippen molar-refractivity contribution in [3.8, 4) is 5.75 Å². The second-order valence-electron chi connectivity index (χ2n) is 5.57. The maximum atomic E-state index is 12.5. The van der Waals surface area contributed by atoms with Crippen molar-refractivity contribution >= 4 is 11.6 Å². The first-order valence-electron chi connectivity index (χ1n) is 7.38. The number of rotatable bonds is 4. The van der Waals surface area contributed by atoms with E-state index in [1.54, 1.807) is 12.1 Å². The highest BCUT2D eigenvalue weighted by Crippen LogP contribution is 2.26. The Bertz CT molecular complexity index is 769. The Morgan fingerprint density at radius 3 is 2.91 bits per heavy atom. The minimum Gasteiger partial charge on any atom is -0.495 e. The van der Waals surface area contributed by atoms with Crippen molar-refractivity contribution in [1.29, 1.82) is 0 Å². The molecule has 1 aliphatic heterocycles. The molecule has 0 aliphatic carbocycles. The average molecular weight is 340 g/mol. The largest absolute Gasteiger partial charge is 0.495 e. The first kappa shape index (κ1) is 16.0. The minimum absolute atomic E-state index is 0.261. The van der Waals surface area contributed by atoms with E-state index in [-0.39, 0.29) is 12.2 Å². The van der Waals surface area contributed by atoms with Crippen molar-refractivity contribution in [2.75, 3.05) is 7.11 Å². The SMILES string of the molecule is COc1ccc(Cn2nc3n(c2=O)C(C(O)O)CCC3)cc1Cl. The van der Waals surface area contributed by atoms with E-state index in [1.165, 1.54) is 16.4 Å². The van der Waals surface area contributed by atoms with Crippen LogP contribution < -0.4 is 10.4 Å². The number of aromatic nitrogens is 3. The van der Waals surface area contributed by atoms with E-state index in [9.17, 15) is 15.0 Å². The van der Waals surface area contributed by atoms with Gasteiger partial charge in [0.2, 0.25) is 0 Å². The lowest BCUT2D eigenvalue weighted by Gasteiger charge is -2.24. The van der Waals surface area contributed by atoms with Crippen LogP contribution in [0.1, 0.15) is 30.3 Å². The summed E-state index contributed by atoms with van der Waals surface area (Å²) in [4.78, 5) is 12.5. The Morgan fingerprint density at radius 1 is 1.48 bits per heavy atom. The first-order chi connectivity index (χ1) is 11.0. The molecule has 1 atom stereocenters. The summed E-state index contributed by atoms with van der Waals surface area (Å²) in [5.74, 6) is 1.15. The van der Waals surface area contributed by atoms with E-state index in [0.29, 0.717) is 29.4 Å². The van der Waals surface area contributed by atoms with Gasteiger partial charge in [-0.2, -0.15) is 5.10 Å². The Balaban J connectivity index is 1.93. The molecule has 0 fully saturated rings. The molecule has 0 saturated carbocycles. The van der Waals surface area contributed by atoms with Crippen LogP contribution in [0.25, 0.3) is 0 Å². The van der Waals surface area contributed by atoms with E-state index in [0.717, 1.165) is 12.0 Å². The monoisotopic (exact) mass is 339 g/mol. The van der Waals surface area contributed by atoms with Crippen LogP contribution in [0, 0.1) is 0 Å². The molecular formula is C15H18ClN3O4. The van der Waals surface area contributed by atoms with Crippen LogP contribution in [0.5, 0.6) is 5.75 Å². The fourth-order valence-corrected chi connectivity index (χ4v) is 3.21. The number of aliphatic hydroxyl groups is 2. The maximum absolute atomic E-state index is 12.5. The molecule has 23 heavy (non-hydrogen) atoms. The Hall–Kier alpha value is -1.83. The predicted octanol–water partition coefficient (Wildman–Crippen LogP) is 0.943. The quantitative estimate of drug-likeness (QED) is 0.809. The van der Waals surface area contributed by atoms with Gasteiger partial charge in [-0.05, 0) is 30.5 Å². The van der Waals surface area contributed by atoms with E-state index in [4.69, 9.17) is 16.3 Å². The van der Waals surface area contributed by atoms with Crippen LogP contribution in [-0.4, -0.2) is 38.0 Å². The van der Waals surface area contributed by atoms with Gasteiger partial charge in [0.1, 0.15) is 11.6 Å². The molecule has 0 bridgehead atoms. The lowest BCUT2D eigenvalue weighted by Crippen LogP contribution is -2.36. The van der Waals surface area contributed by atoms with Gasteiger partial charge in [-0.25, -0.2) is 9.48 Å². The summed E-state index contributed by atoms with van der Waals surface area (Å²) < 4.78 is 7.82. The topological polar surface area (TPSA) is 89.5 Å². The second kappa shape index (κ2) is 6.35. The molecule has 1 aromatic heterocycles. The number of ether oxygens (including phenoxy) is 1. The number of hydrogen-bond acceptors (Lipinski definition) is 5. The number of benzene rings is 1. The molecule has 0 radical (unpaired) electrons. The number of halogens is 1. The molecule has 7 nitrogen and oxygen atoms in total. The van der Waals surface area contributed by atoms with Gasteiger partial charge in [0.05, 0.1) is 24.7 Å². The number of aliphatic hydroxyl groups excluding tert-OH is 1. The van der Waals surface area contributed by atoms with Crippen LogP contribution in [0.2, 0.25) is 5.02 Å². The van der Waals surface area contributed by atoms with Crippen molar-refractivity contribution < 1.29 is 14.9 Å². The zero-order valence-electron chi connectivity index (χ0n) is 12.6. The summed E-state index contributed by atoms with van der Waals surface area (Å²) in [7, 11) is 1.54. The van der Waals surface area contributed by atoms with Crippen LogP contribution >= 0.6 is 11.6 Å². The van der Waals surface area contributed by atoms with Gasteiger partial charge in [0, 0.05) is 6.42 Å². The average Bonchev–Trinajstić information content (AvgIpc) is 2.84. The Labute approximate surface area is 137 Å². The first-order valence-corrected chi connectivity index (χ1v) is 7.76. The smallest absolute Gasteiger partial charge is 0.346 e. The third kappa shape index (κ3) is 2.99. The maximum Gasteiger partial charge on any atom is 0.346 e. The van der Waals surface area contributed by atoms with Gasteiger partial charge in [0.25, 0.3) is 0 Å². The molecule has 1 unspecified atom stereocenters. The molecule has 1 aliphatic rings. The molecule has 0 spiro atoms. The molecule has 8 heteroatoms. The van der Waals surface area contributed by atoms with Crippen molar-refractivity contribution in [3.63, 3.8) is 0 Å². The zero-order chi connectivity index (χ0) is 16.6. The van der Waals surface area contributed by atoms with Crippen molar-refractivity contribution in [2.24, 2.45) is 0 Å².